The first-order valence-electron chi connectivity index (χ1n) is 6.53. The molecule has 19 heavy (non-hydrogen) atoms. The fourth-order valence-electron chi connectivity index (χ4n) is 2.14. The predicted octanol–water partition coefficient (Wildman–Crippen LogP) is 3.71. The van der Waals surface area contributed by atoms with Crippen LogP contribution in [0, 0.1) is 17.2 Å². The van der Waals surface area contributed by atoms with E-state index in [1.807, 2.05) is 18.2 Å². The standard InChI is InChI=1S/C15H22BrN3/c1-11(2)7-14(10-19(3)4)18-15-6-5-13(16)8-12(15)9-17/h5-6,8,11,14,18H,7,10H2,1-4H3. The fourth-order valence-corrected chi connectivity index (χ4v) is 2.50. The Kier molecular flexibility index (Phi) is 6.33. The van der Waals surface area contributed by atoms with E-state index in [9.17, 15) is 5.26 Å². The lowest BCUT2D eigenvalue weighted by Crippen LogP contribution is -2.33. The molecule has 0 saturated heterocycles. The normalized spacial score (nSPS) is 12.5. The van der Waals surface area contributed by atoms with Crippen LogP contribution in [-0.4, -0.2) is 31.6 Å². The van der Waals surface area contributed by atoms with Gasteiger partial charge in [0.05, 0.1) is 11.3 Å². The number of nitrogens with zero attached hydrogens (tertiary/aromatic N) is 2. The van der Waals surface area contributed by atoms with Gasteiger partial charge in [-0.05, 0) is 44.6 Å². The maximum Gasteiger partial charge on any atom is 0.101 e. The van der Waals surface area contributed by atoms with Crippen molar-refractivity contribution in [3.05, 3.63) is 28.2 Å². The molecule has 0 aliphatic rings. The number of halogens is 1. The van der Waals surface area contributed by atoms with Crippen LogP contribution in [-0.2, 0) is 0 Å². The maximum atomic E-state index is 9.20. The van der Waals surface area contributed by atoms with Gasteiger partial charge in [0.2, 0.25) is 0 Å². The Morgan fingerprint density at radius 1 is 1.37 bits per heavy atom. The van der Waals surface area contributed by atoms with E-state index in [2.05, 4.69) is 60.2 Å². The molecule has 1 aromatic rings. The summed E-state index contributed by atoms with van der Waals surface area (Å²) in [4.78, 5) is 2.17. The number of nitrogens with one attached hydrogen (secondary N) is 1. The van der Waals surface area contributed by atoms with Crippen molar-refractivity contribution in [2.45, 2.75) is 26.3 Å². The highest BCUT2D eigenvalue weighted by atomic mass is 79.9. The number of likely N-dealkylation sites (N-methyl/N-ethyl adjacent to an activating group) is 1. The Labute approximate surface area is 124 Å². The van der Waals surface area contributed by atoms with E-state index in [1.165, 1.54) is 0 Å². The van der Waals surface area contributed by atoms with Crippen LogP contribution < -0.4 is 5.32 Å². The first kappa shape index (κ1) is 16.0. The number of hydrogen-bond acceptors (Lipinski definition) is 3. The summed E-state index contributed by atoms with van der Waals surface area (Å²) in [5.74, 6) is 0.624. The Morgan fingerprint density at radius 3 is 2.58 bits per heavy atom. The summed E-state index contributed by atoms with van der Waals surface area (Å²) in [6, 6.07) is 8.37. The van der Waals surface area contributed by atoms with Crippen LogP contribution in [0.3, 0.4) is 0 Å². The van der Waals surface area contributed by atoms with E-state index in [0.717, 1.165) is 23.1 Å². The van der Waals surface area contributed by atoms with Gasteiger partial charge in [-0.1, -0.05) is 29.8 Å². The van der Waals surface area contributed by atoms with Gasteiger partial charge in [0, 0.05) is 17.1 Å². The first-order chi connectivity index (χ1) is 8.92. The van der Waals surface area contributed by atoms with Gasteiger partial charge in [-0.25, -0.2) is 0 Å². The van der Waals surface area contributed by atoms with Crippen molar-refractivity contribution in [3.63, 3.8) is 0 Å². The lowest BCUT2D eigenvalue weighted by Gasteiger charge is -2.25. The third-order valence-electron chi connectivity index (χ3n) is 2.80. The molecule has 104 valence electrons. The van der Waals surface area contributed by atoms with Crippen molar-refractivity contribution in [1.29, 1.82) is 5.26 Å². The van der Waals surface area contributed by atoms with Crippen LogP contribution in [0.1, 0.15) is 25.8 Å². The molecule has 0 aliphatic heterocycles. The third-order valence-corrected chi connectivity index (χ3v) is 3.30. The molecule has 0 fully saturated rings. The topological polar surface area (TPSA) is 39.1 Å². The third kappa shape index (κ3) is 5.63. The Morgan fingerprint density at radius 2 is 2.05 bits per heavy atom. The zero-order chi connectivity index (χ0) is 14.4. The highest BCUT2D eigenvalue weighted by Gasteiger charge is 2.14. The highest BCUT2D eigenvalue weighted by Crippen LogP contribution is 2.22. The van der Waals surface area contributed by atoms with E-state index >= 15 is 0 Å². The molecule has 1 N–H and O–H groups in total. The largest absolute Gasteiger partial charge is 0.380 e. The Balaban J connectivity index is 2.86. The quantitative estimate of drug-likeness (QED) is 0.867. The van der Waals surface area contributed by atoms with Crippen LogP contribution in [0.25, 0.3) is 0 Å². The monoisotopic (exact) mass is 323 g/mol. The molecule has 0 spiro atoms. The van der Waals surface area contributed by atoms with Crippen LogP contribution in [0.15, 0.2) is 22.7 Å². The second-order valence-electron chi connectivity index (χ2n) is 5.53. The SMILES string of the molecule is CC(C)CC(CN(C)C)Nc1ccc(Br)cc1C#N. The van der Waals surface area contributed by atoms with Gasteiger partial charge >= 0.3 is 0 Å². The maximum absolute atomic E-state index is 9.20. The molecule has 1 atom stereocenters. The van der Waals surface area contributed by atoms with Gasteiger partial charge in [-0.15, -0.1) is 0 Å². The fraction of sp³-hybridized carbons (Fsp3) is 0.533. The van der Waals surface area contributed by atoms with Gasteiger partial charge in [-0.3, -0.25) is 0 Å². The molecule has 0 aromatic heterocycles. The van der Waals surface area contributed by atoms with E-state index in [1.54, 1.807) is 0 Å². The first-order valence-corrected chi connectivity index (χ1v) is 7.32. The van der Waals surface area contributed by atoms with E-state index in [4.69, 9.17) is 0 Å². The molecule has 0 saturated carbocycles. The van der Waals surface area contributed by atoms with Crippen molar-refractivity contribution in [1.82, 2.24) is 4.90 Å². The van der Waals surface area contributed by atoms with Crippen molar-refractivity contribution in [3.8, 4) is 6.07 Å². The zero-order valence-corrected chi connectivity index (χ0v) is 13.7. The molecule has 0 heterocycles. The number of anilines is 1. The van der Waals surface area contributed by atoms with Crippen molar-refractivity contribution >= 4 is 21.6 Å². The summed E-state index contributed by atoms with van der Waals surface area (Å²) in [6.07, 6.45) is 1.08. The van der Waals surface area contributed by atoms with E-state index < -0.39 is 0 Å². The number of hydrogen-bond donors (Lipinski definition) is 1. The lowest BCUT2D eigenvalue weighted by atomic mass is 10.0. The summed E-state index contributed by atoms with van der Waals surface area (Å²) in [5, 5.41) is 12.7. The predicted molar refractivity (Wildman–Crippen MR) is 84.3 cm³/mol. The van der Waals surface area contributed by atoms with Crippen LogP contribution in [0.2, 0.25) is 0 Å². The molecule has 1 aromatic carbocycles. The van der Waals surface area contributed by atoms with Crippen LogP contribution in [0.5, 0.6) is 0 Å². The second kappa shape index (κ2) is 7.52. The molecule has 4 heteroatoms. The molecule has 1 unspecified atom stereocenters. The summed E-state index contributed by atoms with van der Waals surface area (Å²) in [7, 11) is 4.14. The molecule has 0 aliphatic carbocycles. The molecular weight excluding hydrogens is 302 g/mol. The zero-order valence-electron chi connectivity index (χ0n) is 12.1. The minimum absolute atomic E-state index is 0.350. The smallest absolute Gasteiger partial charge is 0.101 e. The summed E-state index contributed by atoms with van der Waals surface area (Å²) < 4.78 is 0.933. The molecule has 0 amide bonds. The minimum Gasteiger partial charge on any atom is -0.380 e. The minimum atomic E-state index is 0.350. The summed E-state index contributed by atoms with van der Waals surface area (Å²) >= 11 is 3.40. The summed E-state index contributed by atoms with van der Waals surface area (Å²) in [6.45, 7) is 5.40. The van der Waals surface area contributed by atoms with E-state index in [-0.39, 0.29) is 0 Å². The molecule has 0 bridgehead atoms. The number of nitriles is 1. The lowest BCUT2D eigenvalue weighted by molar-refractivity contribution is 0.356. The van der Waals surface area contributed by atoms with Crippen LogP contribution in [0.4, 0.5) is 5.69 Å². The molecule has 1 rings (SSSR count). The average molecular weight is 324 g/mol. The van der Waals surface area contributed by atoms with Gasteiger partial charge < -0.3 is 10.2 Å². The average Bonchev–Trinajstić information content (AvgIpc) is 2.29. The molecule has 3 nitrogen and oxygen atoms in total. The molecule has 0 radical (unpaired) electrons. The van der Waals surface area contributed by atoms with Gasteiger partial charge in [-0.2, -0.15) is 5.26 Å². The van der Waals surface area contributed by atoms with Gasteiger partial charge in [0.25, 0.3) is 0 Å². The molecular formula is C15H22BrN3. The Hall–Kier alpha value is -1.05. The van der Waals surface area contributed by atoms with Crippen LogP contribution >= 0.6 is 15.9 Å². The van der Waals surface area contributed by atoms with E-state index in [0.29, 0.717) is 17.5 Å². The highest BCUT2D eigenvalue weighted by molar-refractivity contribution is 9.10. The second-order valence-corrected chi connectivity index (χ2v) is 6.45. The number of benzene rings is 1. The van der Waals surface area contributed by atoms with Gasteiger partial charge in [0.15, 0.2) is 0 Å². The van der Waals surface area contributed by atoms with Crippen molar-refractivity contribution in [2.24, 2.45) is 5.92 Å². The van der Waals surface area contributed by atoms with Crippen molar-refractivity contribution < 1.29 is 0 Å². The summed E-state index contributed by atoms with van der Waals surface area (Å²) in [5.41, 5.74) is 1.60. The number of rotatable bonds is 6. The van der Waals surface area contributed by atoms with Gasteiger partial charge in [0.1, 0.15) is 6.07 Å². The Bertz CT molecular complexity index is 439. The van der Waals surface area contributed by atoms with Crippen molar-refractivity contribution in [2.75, 3.05) is 26.0 Å².